The SMILES string of the molecule is CCN(CC)S(=O)(=O)c1ccc(N2CCN(C(=O)c3cc(Cl)ccc3O)CC2)c([N+](=O)[O-])c1. The number of rotatable bonds is 7. The van der Waals surface area contributed by atoms with Gasteiger partial charge in [0.15, 0.2) is 0 Å². The number of halogens is 1. The number of carbonyl (C=O) groups excluding carboxylic acids is 1. The van der Waals surface area contributed by atoms with Crippen LogP contribution in [0.5, 0.6) is 5.75 Å². The summed E-state index contributed by atoms with van der Waals surface area (Å²) in [5.41, 5.74) is 0.0691. The van der Waals surface area contributed by atoms with Gasteiger partial charge in [0.2, 0.25) is 10.0 Å². The van der Waals surface area contributed by atoms with E-state index in [1.807, 2.05) is 0 Å². The van der Waals surface area contributed by atoms with Gasteiger partial charge in [0, 0.05) is 50.4 Å². The quantitative estimate of drug-likeness (QED) is 0.461. The van der Waals surface area contributed by atoms with E-state index >= 15 is 0 Å². The van der Waals surface area contributed by atoms with Crippen LogP contribution >= 0.6 is 11.6 Å². The molecule has 1 amide bonds. The second kappa shape index (κ2) is 9.94. The van der Waals surface area contributed by atoms with Crippen molar-refractivity contribution < 1.29 is 23.2 Å². The Bertz CT molecular complexity index is 1160. The Morgan fingerprint density at radius 2 is 1.76 bits per heavy atom. The first-order valence-corrected chi connectivity index (χ1v) is 12.2. The van der Waals surface area contributed by atoms with Crippen molar-refractivity contribution >= 4 is 38.9 Å². The molecule has 0 aliphatic carbocycles. The van der Waals surface area contributed by atoms with Gasteiger partial charge < -0.3 is 14.9 Å². The summed E-state index contributed by atoms with van der Waals surface area (Å²) < 4.78 is 26.8. The van der Waals surface area contributed by atoms with Crippen molar-refractivity contribution in [2.45, 2.75) is 18.7 Å². The number of nitrogens with zero attached hydrogens (tertiary/aromatic N) is 4. The van der Waals surface area contributed by atoms with Gasteiger partial charge in [-0.25, -0.2) is 8.42 Å². The van der Waals surface area contributed by atoms with Crippen molar-refractivity contribution in [1.82, 2.24) is 9.21 Å². The van der Waals surface area contributed by atoms with Gasteiger partial charge in [-0.15, -0.1) is 0 Å². The van der Waals surface area contributed by atoms with E-state index in [4.69, 9.17) is 11.6 Å². The van der Waals surface area contributed by atoms with Crippen LogP contribution in [0.15, 0.2) is 41.3 Å². The molecule has 1 fully saturated rings. The summed E-state index contributed by atoms with van der Waals surface area (Å²) in [5.74, 6) is -0.558. The Morgan fingerprint density at radius 3 is 2.33 bits per heavy atom. The molecular formula is C21H25ClN4O6S. The molecular weight excluding hydrogens is 472 g/mol. The summed E-state index contributed by atoms with van der Waals surface area (Å²) in [6.45, 7) is 5.05. The number of piperazine rings is 1. The lowest BCUT2D eigenvalue weighted by Gasteiger charge is -2.36. The molecule has 0 saturated carbocycles. The Balaban J connectivity index is 1.82. The van der Waals surface area contributed by atoms with Crippen LogP contribution < -0.4 is 4.90 Å². The molecule has 0 radical (unpaired) electrons. The number of amides is 1. The van der Waals surface area contributed by atoms with E-state index in [1.54, 1.807) is 18.7 Å². The predicted octanol–water partition coefficient (Wildman–Crippen LogP) is 2.95. The minimum atomic E-state index is -3.84. The standard InChI is InChI=1S/C21H25ClN4O6S/c1-3-25(4-2)33(31,32)16-6-7-18(19(14-16)26(29)30)23-9-11-24(12-10-23)21(28)17-13-15(22)5-8-20(17)27/h5-8,13-14,27H,3-4,9-12H2,1-2H3. The average molecular weight is 497 g/mol. The molecule has 33 heavy (non-hydrogen) atoms. The van der Waals surface area contributed by atoms with Crippen LogP contribution in [-0.2, 0) is 10.0 Å². The van der Waals surface area contributed by atoms with Crippen molar-refractivity contribution in [2.24, 2.45) is 0 Å². The first-order valence-electron chi connectivity index (χ1n) is 10.4. The first kappa shape index (κ1) is 24.7. The van der Waals surface area contributed by atoms with Crippen molar-refractivity contribution in [3.63, 3.8) is 0 Å². The molecule has 178 valence electrons. The number of aromatic hydroxyl groups is 1. The monoisotopic (exact) mass is 496 g/mol. The Morgan fingerprint density at radius 1 is 1.12 bits per heavy atom. The summed E-state index contributed by atoms with van der Waals surface area (Å²) in [5, 5.41) is 22.1. The minimum absolute atomic E-state index is 0.0906. The van der Waals surface area contributed by atoms with Crippen LogP contribution in [-0.4, -0.2) is 72.8 Å². The molecule has 0 aromatic heterocycles. The highest BCUT2D eigenvalue weighted by molar-refractivity contribution is 7.89. The number of benzene rings is 2. The van der Waals surface area contributed by atoms with Crippen LogP contribution in [0.4, 0.5) is 11.4 Å². The molecule has 2 aromatic rings. The van der Waals surface area contributed by atoms with Crippen LogP contribution in [0.1, 0.15) is 24.2 Å². The van der Waals surface area contributed by atoms with Gasteiger partial charge in [-0.2, -0.15) is 4.31 Å². The van der Waals surface area contributed by atoms with E-state index in [9.17, 15) is 28.4 Å². The highest BCUT2D eigenvalue weighted by Gasteiger charge is 2.30. The van der Waals surface area contributed by atoms with Gasteiger partial charge in [0.1, 0.15) is 11.4 Å². The smallest absolute Gasteiger partial charge is 0.293 e. The molecule has 3 rings (SSSR count). The van der Waals surface area contributed by atoms with E-state index in [2.05, 4.69) is 0 Å². The third-order valence-corrected chi connectivity index (χ3v) is 7.86. The van der Waals surface area contributed by atoms with E-state index in [0.717, 1.165) is 6.07 Å². The Hall–Kier alpha value is -2.89. The topological polar surface area (TPSA) is 124 Å². The number of nitro groups is 1. The fourth-order valence-corrected chi connectivity index (χ4v) is 5.44. The highest BCUT2D eigenvalue weighted by Crippen LogP contribution is 2.33. The number of hydrogen-bond donors (Lipinski definition) is 1. The maximum atomic E-state index is 12.8. The molecule has 0 unspecified atom stereocenters. The molecule has 1 heterocycles. The molecule has 1 N–H and O–H groups in total. The van der Waals surface area contributed by atoms with E-state index in [0.29, 0.717) is 18.1 Å². The lowest BCUT2D eigenvalue weighted by Crippen LogP contribution is -2.49. The van der Waals surface area contributed by atoms with Crippen molar-refractivity contribution in [3.05, 3.63) is 57.1 Å². The average Bonchev–Trinajstić information content (AvgIpc) is 2.80. The summed E-state index contributed by atoms with van der Waals surface area (Å²) in [7, 11) is -3.84. The van der Waals surface area contributed by atoms with Gasteiger partial charge in [0.05, 0.1) is 15.4 Å². The fourth-order valence-electron chi connectivity index (χ4n) is 3.79. The lowest BCUT2D eigenvalue weighted by molar-refractivity contribution is -0.384. The predicted molar refractivity (Wildman–Crippen MR) is 124 cm³/mol. The first-order chi connectivity index (χ1) is 15.6. The zero-order valence-corrected chi connectivity index (χ0v) is 19.8. The molecule has 1 aliphatic heterocycles. The highest BCUT2D eigenvalue weighted by atomic mass is 35.5. The van der Waals surface area contributed by atoms with Gasteiger partial charge >= 0.3 is 0 Å². The zero-order chi connectivity index (χ0) is 24.3. The number of phenolic OH excluding ortho intramolecular Hbond substituents is 1. The summed E-state index contributed by atoms with van der Waals surface area (Å²) in [4.78, 5) is 27.1. The van der Waals surface area contributed by atoms with Crippen molar-refractivity contribution in [3.8, 4) is 5.75 Å². The van der Waals surface area contributed by atoms with Crippen molar-refractivity contribution in [2.75, 3.05) is 44.2 Å². The van der Waals surface area contributed by atoms with Crippen LogP contribution in [0.3, 0.4) is 0 Å². The second-order valence-electron chi connectivity index (χ2n) is 7.44. The third kappa shape index (κ3) is 5.05. The third-order valence-electron chi connectivity index (χ3n) is 5.58. The van der Waals surface area contributed by atoms with E-state index in [1.165, 1.54) is 39.5 Å². The normalized spacial score (nSPS) is 14.5. The van der Waals surface area contributed by atoms with Gasteiger partial charge in [0.25, 0.3) is 11.6 Å². The molecule has 12 heteroatoms. The maximum Gasteiger partial charge on any atom is 0.293 e. The number of anilines is 1. The number of nitro benzene ring substituents is 1. The van der Waals surface area contributed by atoms with E-state index in [-0.39, 0.29) is 59.7 Å². The number of phenols is 1. The fraction of sp³-hybridized carbons (Fsp3) is 0.381. The van der Waals surface area contributed by atoms with E-state index < -0.39 is 14.9 Å². The maximum absolute atomic E-state index is 12.8. The number of sulfonamides is 1. The summed E-state index contributed by atoms with van der Waals surface area (Å²) in [6.07, 6.45) is 0. The van der Waals surface area contributed by atoms with Crippen molar-refractivity contribution in [1.29, 1.82) is 0 Å². The lowest BCUT2D eigenvalue weighted by atomic mass is 10.1. The molecule has 0 atom stereocenters. The second-order valence-corrected chi connectivity index (χ2v) is 9.81. The largest absolute Gasteiger partial charge is 0.507 e. The Kier molecular flexibility index (Phi) is 7.45. The summed E-state index contributed by atoms with van der Waals surface area (Å²) >= 11 is 5.93. The van der Waals surface area contributed by atoms with Gasteiger partial charge in [-0.3, -0.25) is 14.9 Å². The summed E-state index contributed by atoms with van der Waals surface area (Å²) in [6, 6.07) is 8.13. The minimum Gasteiger partial charge on any atom is -0.507 e. The molecule has 0 bridgehead atoms. The Labute approximate surface area is 197 Å². The molecule has 2 aromatic carbocycles. The number of hydrogen-bond acceptors (Lipinski definition) is 7. The molecule has 1 aliphatic rings. The van der Waals surface area contributed by atoms with Crippen LogP contribution in [0, 0.1) is 10.1 Å². The number of carbonyl (C=O) groups is 1. The van der Waals surface area contributed by atoms with Crippen LogP contribution in [0.2, 0.25) is 5.02 Å². The molecule has 1 saturated heterocycles. The molecule has 0 spiro atoms. The molecule has 10 nitrogen and oxygen atoms in total. The van der Waals surface area contributed by atoms with Gasteiger partial charge in [-0.05, 0) is 30.3 Å². The van der Waals surface area contributed by atoms with Crippen LogP contribution in [0.25, 0.3) is 0 Å². The zero-order valence-electron chi connectivity index (χ0n) is 18.3. The van der Waals surface area contributed by atoms with Gasteiger partial charge in [-0.1, -0.05) is 25.4 Å².